The Kier molecular flexibility index (Phi) is 3.81. The van der Waals surface area contributed by atoms with E-state index in [1.807, 2.05) is 0 Å². The molecule has 0 spiro atoms. The molecule has 0 atom stereocenters. The highest BCUT2D eigenvalue weighted by molar-refractivity contribution is 4.80. The molecular formula is C9H17O. The maximum absolute atomic E-state index is 5.48. The quantitative estimate of drug-likeness (QED) is 0.537. The van der Waals surface area contributed by atoms with Gasteiger partial charge in [-0.05, 0) is 19.8 Å². The molecule has 1 radical (unpaired) electrons. The number of rotatable bonds is 2. The summed E-state index contributed by atoms with van der Waals surface area (Å²) in [5.41, 5.74) is 0. The molecule has 1 heteroatoms. The first-order valence-electron chi connectivity index (χ1n) is 4.41. The van der Waals surface area contributed by atoms with Crippen LogP contribution in [0.15, 0.2) is 0 Å². The fourth-order valence-electron chi connectivity index (χ4n) is 1.47. The molecule has 0 unspecified atom stereocenters. The normalized spacial score (nSPS) is 22.5. The largest absolute Gasteiger partial charge is 0.372 e. The van der Waals surface area contributed by atoms with Gasteiger partial charge in [-0.3, -0.25) is 0 Å². The fourth-order valence-corrected chi connectivity index (χ4v) is 1.47. The van der Waals surface area contributed by atoms with E-state index in [4.69, 9.17) is 4.74 Å². The van der Waals surface area contributed by atoms with Gasteiger partial charge in [0.1, 0.15) is 0 Å². The Morgan fingerprint density at radius 1 is 1.10 bits per heavy atom. The van der Waals surface area contributed by atoms with Crippen LogP contribution in [0.25, 0.3) is 0 Å². The Hall–Kier alpha value is -0.0400. The molecule has 59 valence electrons. The minimum atomic E-state index is 0.856. The minimum absolute atomic E-state index is 0.856. The lowest BCUT2D eigenvalue weighted by Gasteiger charge is -2.11. The van der Waals surface area contributed by atoms with Crippen molar-refractivity contribution in [3.8, 4) is 0 Å². The summed E-state index contributed by atoms with van der Waals surface area (Å²) in [4.78, 5) is 0. The summed E-state index contributed by atoms with van der Waals surface area (Å²) in [5, 5.41) is 0. The molecule has 1 aliphatic rings. The molecule has 0 aromatic carbocycles. The first-order chi connectivity index (χ1) is 4.93. The molecule has 1 saturated carbocycles. The molecule has 0 aromatic heterocycles. The van der Waals surface area contributed by atoms with E-state index in [-0.39, 0.29) is 0 Å². The monoisotopic (exact) mass is 141 g/mol. The molecule has 1 fully saturated rings. The van der Waals surface area contributed by atoms with Crippen LogP contribution >= 0.6 is 0 Å². The van der Waals surface area contributed by atoms with E-state index in [0.29, 0.717) is 0 Å². The van der Waals surface area contributed by atoms with Crippen molar-refractivity contribution < 1.29 is 4.74 Å². The van der Waals surface area contributed by atoms with Crippen LogP contribution in [0.4, 0.5) is 0 Å². The maximum atomic E-state index is 5.48. The topological polar surface area (TPSA) is 9.23 Å². The lowest BCUT2D eigenvalue weighted by atomic mass is 10.2. The van der Waals surface area contributed by atoms with E-state index in [9.17, 15) is 0 Å². The van der Waals surface area contributed by atoms with Gasteiger partial charge in [0.2, 0.25) is 0 Å². The van der Waals surface area contributed by atoms with Gasteiger partial charge >= 0.3 is 0 Å². The molecule has 1 rings (SSSR count). The zero-order valence-corrected chi connectivity index (χ0v) is 6.86. The first-order valence-corrected chi connectivity index (χ1v) is 4.41. The van der Waals surface area contributed by atoms with E-state index < -0.39 is 0 Å². The van der Waals surface area contributed by atoms with Crippen molar-refractivity contribution in [3.63, 3.8) is 0 Å². The van der Waals surface area contributed by atoms with E-state index in [1.54, 1.807) is 0 Å². The minimum Gasteiger partial charge on any atom is -0.372 e. The standard InChI is InChI=1S/C9H17O/c1-2-10-9-7-5-3-4-6-8-9/h2-8H2,1H3. The summed E-state index contributed by atoms with van der Waals surface area (Å²) in [6.07, 6.45) is 9.26. The Balaban J connectivity index is 2.15. The zero-order chi connectivity index (χ0) is 7.23. The van der Waals surface area contributed by atoms with Crippen LogP contribution in [-0.2, 0) is 4.74 Å². The van der Waals surface area contributed by atoms with Crippen molar-refractivity contribution in [3.05, 3.63) is 6.10 Å². The second kappa shape index (κ2) is 4.73. The van der Waals surface area contributed by atoms with Crippen LogP contribution in [0, 0.1) is 6.10 Å². The number of hydrogen-bond acceptors (Lipinski definition) is 1. The van der Waals surface area contributed by atoms with Crippen LogP contribution in [0.5, 0.6) is 0 Å². The van der Waals surface area contributed by atoms with Crippen molar-refractivity contribution in [2.24, 2.45) is 0 Å². The van der Waals surface area contributed by atoms with E-state index >= 15 is 0 Å². The van der Waals surface area contributed by atoms with Crippen molar-refractivity contribution >= 4 is 0 Å². The lowest BCUT2D eigenvalue weighted by Crippen LogP contribution is -2.00. The van der Waals surface area contributed by atoms with E-state index in [0.717, 1.165) is 6.61 Å². The predicted molar refractivity (Wildman–Crippen MR) is 42.6 cm³/mol. The highest BCUT2D eigenvalue weighted by Crippen LogP contribution is 2.24. The van der Waals surface area contributed by atoms with Crippen molar-refractivity contribution in [1.29, 1.82) is 0 Å². The van der Waals surface area contributed by atoms with Gasteiger partial charge in [0.25, 0.3) is 0 Å². The third-order valence-corrected chi connectivity index (χ3v) is 2.01. The first kappa shape index (κ1) is 8.06. The molecule has 0 saturated heterocycles. The van der Waals surface area contributed by atoms with Crippen LogP contribution in [-0.4, -0.2) is 6.61 Å². The van der Waals surface area contributed by atoms with Gasteiger partial charge in [-0.2, -0.15) is 0 Å². The Morgan fingerprint density at radius 3 is 2.20 bits per heavy atom. The molecule has 0 aliphatic heterocycles. The molecular weight excluding hydrogens is 124 g/mol. The molecule has 0 aromatic rings. The van der Waals surface area contributed by atoms with Crippen LogP contribution in [0.2, 0.25) is 0 Å². The van der Waals surface area contributed by atoms with Gasteiger partial charge < -0.3 is 4.74 Å². The summed E-state index contributed by atoms with van der Waals surface area (Å²) >= 11 is 0. The second-order valence-electron chi connectivity index (χ2n) is 2.89. The number of ether oxygens (including phenoxy) is 1. The van der Waals surface area contributed by atoms with Gasteiger partial charge in [0, 0.05) is 6.61 Å². The van der Waals surface area contributed by atoms with Gasteiger partial charge in [0.05, 0.1) is 6.10 Å². The Morgan fingerprint density at radius 2 is 1.70 bits per heavy atom. The highest BCUT2D eigenvalue weighted by Gasteiger charge is 2.11. The van der Waals surface area contributed by atoms with Crippen molar-refractivity contribution in [2.45, 2.75) is 45.4 Å². The third-order valence-electron chi connectivity index (χ3n) is 2.01. The average molecular weight is 141 g/mol. The van der Waals surface area contributed by atoms with Crippen LogP contribution in [0.1, 0.15) is 45.4 Å². The summed E-state index contributed by atoms with van der Waals surface area (Å²) in [7, 11) is 0. The van der Waals surface area contributed by atoms with E-state index in [2.05, 4.69) is 6.92 Å². The number of hydrogen-bond donors (Lipinski definition) is 0. The highest BCUT2D eigenvalue weighted by atomic mass is 16.5. The lowest BCUT2D eigenvalue weighted by molar-refractivity contribution is 0.140. The summed E-state index contributed by atoms with van der Waals surface area (Å²) in [5.74, 6) is 0. The summed E-state index contributed by atoms with van der Waals surface area (Å²) in [6.45, 7) is 2.92. The fraction of sp³-hybridized carbons (Fsp3) is 0.889. The molecule has 0 bridgehead atoms. The van der Waals surface area contributed by atoms with Gasteiger partial charge in [-0.15, -0.1) is 0 Å². The zero-order valence-electron chi connectivity index (χ0n) is 6.86. The maximum Gasteiger partial charge on any atom is 0.0970 e. The van der Waals surface area contributed by atoms with Gasteiger partial charge in [-0.1, -0.05) is 25.7 Å². The van der Waals surface area contributed by atoms with Crippen LogP contribution < -0.4 is 0 Å². The Labute approximate surface area is 63.8 Å². The smallest absolute Gasteiger partial charge is 0.0970 e. The second-order valence-corrected chi connectivity index (χ2v) is 2.89. The molecule has 0 amide bonds. The SMILES string of the molecule is CCO[C]1CCCCCC1. The van der Waals surface area contributed by atoms with E-state index in [1.165, 1.54) is 44.6 Å². The summed E-state index contributed by atoms with van der Waals surface area (Å²) < 4.78 is 5.48. The van der Waals surface area contributed by atoms with Gasteiger partial charge in [-0.25, -0.2) is 0 Å². The summed E-state index contributed by atoms with van der Waals surface area (Å²) in [6, 6.07) is 0. The molecule has 10 heavy (non-hydrogen) atoms. The third kappa shape index (κ3) is 2.70. The van der Waals surface area contributed by atoms with Crippen LogP contribution in [0.3, 0.4) is 0 Å². The van der Waals surface area contributed by atoms with Gasteiger partial charge in [0.15, 0.2) is 0 Å². The molecule has 1 nitrogen and oxygen atoms in total. The van der Waals surface area contributed by atoms with Crippen molar-refractivity contribution in [2.75, 3.05) is 6.61 Å². The molecule has 1 aliphatic carbocycles. The predicted octanol–water partition coefficient (Wildman–Crippen LogP) is 2.91. The Bertz CT molecular complexity index is 72.8. The molecule has 0 N–H and O–H groups in total. The average Bonchev–Trinajstić information content (AvgIpc) is 2.17. The van der Waals surface area contributed by atoms with Crippen molar-refractivity contribution in [1.82, 2.24) is 0 Å². The molecule has 0 heterocycles.